The van der Waals surface area contributed by atoms with E-state index in [2.05, 4.69) is 41.6 Å². The van der Waals surface area contributed by atoms with E-state index >= 15 is 0 Å². The number of fused-ring (bicyclic) bond motifs is 3. The lowest BCUT2D eigenvalue weighted by Gasteiger charge is -2.24. The van der Waals surface area contributed by atoms with Gasteiger partial charge in [0.15, 0.2) is 5.78 Å². The predicted molar refractivity (Wildman–Crippen MR) is 97.4 cm³/mol. The topological polar surface area (TPSA) is 25.2 Å². The van der Waals surface area contributed by atoms with Crippen LogP contribution in [-0.2, 0) is 19.5 Å². The molecule has 0 N–H and O–H groups in total. The molecule has 1 aromatic heterocycles. The number of nitrogens with zero attached hydrogens (tertiary/aromatic N) is 2. The van der Waals surface area contributed by atoms with Gasteiger partial charge in [-0.1, -0.05) is 11.6 Å². The third kappa shape index (κ3) is 2.87. The first-order valence-corrected chi connectivity index (χ1v) is 8.61. The molecule has 2 heterocycles. The first kappa shape index (κ1) is 16.0. The van der Waals surface area contributed by atoms with Gasteiger partial charge >= 0.3 is 0 Å². The normalized spacial score (nSPS) is 14.7. The maximum Gasteiger partial charge on any atom is 0.182 e. The summed E-state index contributed by atoms with van der Waals surface area (Å²) in [7, 11) is 2.13. The summed E-state index contributed by atoms with van der Waals surface area (Å²) >= 11 is 0. The zero-order chi connectivity index (χ0) is 17.6. The van der Waals surface area contributed by atoms with Gasteiger partial charge in [-0.2, -0.15) is 0 Å². The maximum atomic E-state index is 13.1. The Labute approximate surface area is 146 Å². The van der Waals surface area contributed by atoms with E-state index in [9.17, 15) is 9.18 Å². The van der Waals surface area contributed by atoms with Crippen LogP contribution in [0.3, 0.4) is 0 Å². The molecule has 3 aromatic rings. The van der Waals surface area contributed by atoms with Gasteiger partial charge in [-0.25, -0.2) is 4.39 Å². The number of rotatable bonds is 3. The number of aromatic nitrogens is 1. The molecule has 1 aliphatic heterocycles. The van der Waals surface area contributed by atoms with Crippen molar-refractivity contribution in [2.75, 3.05) is 13.6 Å². The van der Waals surface area contributed by atoms with Crippen molar-refractivity contribution in [3.8, 4) is 0 Å². The van der Waals surface area contributed by atoms with E-state index < -0.39 is 0 Å². The van der Waals surface area contributed by atoms with E-state index in [1.165, 1.54) is 34.3 Å². The fraction of sp³-hybridized carbons (Fsp3) is 0.286. The van der Waals surface area contributed by atoms with Crippen LogP contribution in [0.25, 0.3) is 10.9 Å². The van der Waals surface area contributed by atoms with Crippen LogP contribution in [-0.4, -0.2) is 28.8 Å². The van der Waals surface area contributed by atoms with E-state index in [0.29, 0.717) is 12.1 Å². The average molecular weight is 336 g/mol. The highest BCUT2D eigenvalue weighted by Gasteiger charge is 2.23. The quantitative estimate of drug-likeness (QED) is 0.677. The Bertz CT molecular complexity index is 956. The van der Waals surface area contributed by atoms with Gasteiger partial charge in [0.1, 0.15) is 5.82 Å². The van der Waals surface area contributed by atoms with Gasteiger partial charge in [0.2, 0.25) is 0 Å². The second-order valence-corrected chi connectivity index (χ2v) is 6.95. The predicted octanol–water partition coefficient (Wildman–Crippen LogP) is 3.96. The summed E-state index contributed by atoms with van der Waals surface area (Å²) in [5.74, 6) is -0.307. The lowest BCUT2D eigenvalue weighted by atomic mass is 10.0. The first-order valence-electron chi connectivity index (χ1n) is 8.61. The van der Waals surface area contributed by atoms with Crippen molar-refractivity contribution < 1.29 is 9.18 Å². The van der Waals surface area contributed by atoms with Crippen molar-refractivity contribution in [1.82, 2.24) is 9.47 Å². The fourth-order valence-electron chi connectivity index (χ4n) is 3.75. The van der Waals surface area contributed by atoms with Crippen molar-refractivity contribution in [1.29, 1.82) is 0 Å². The van der Waals surface area contributed by atoms with Crippen molar-refractivity contribution in [2.24, 2.45) is 0 Å². The van der Waals surface area contributed by atoms with Gasteiger partial charge in [0, 0.05) is 41.7 Å². The second kappa shape index (κ2) is 6.12. The Balaban J connectivity index is 1.79. The molecule has 2 aromatic carbocycles. The Morgan fingerprint density at radius 1 is 1.16 bits per heavy atom. The Kier molecular flexibility index (Phi) is 3.92. The minimum absolute atomic E-state index is 0.0132. The first-order chi connectivity index (χ1) is 12.0. The second-order valence-electron chi connectivity index (χ2n) is 6.95. The molecule has 25 heavy (non-hydrogen) atoms. The SMILES string of the molecule is Cc1ccc2c(c1)c1c(n2CC(=O)c2ccc(F)cc2)CCN(C)C1. The van der Waals surface area contributed by atoms with Crippen LogP contribution in [0.5, 0.6) is 0 Å². The number of hydrogen-bond donors (Lipinski definition) is 0. The van der Waals surface area contributed by atoms with Crippen molar-refractivity contribution >= 4 is 16.7 Å². The Morgan fingerprint density at radius 3 is 2.68 bits per heavy atom. The van der Waals surface area contributed by atoms with Crippen molar-refractivity contribution in [3.63, 3.8) is 0 Å². The van der Waals surface area contributed by atoms with Gasteiger partial charge in [0.25, 0.3) is 0 Å². The summed E-state index contributed by atoms with van der Waals surface area (Å²) in [6, 6.07) is 12.2. The minimum Gasteiger partial charge on any atom is -0.336 e. The number of aryl methyl sites for hydroxylation is 1. The highest BCUT2D eigenvalue weighted by Crippen LogP contribution is 2.31. The molecule has 0 saturated carbocycles. The van der Waals surface area contributed by atoms with Crippen LogP contribution in [0.1, 0.15) is 27.2 Å². The molecule has 0 radical (unpaired) electrons. The molecule has 4 heteroatoms. The molecule has 1 aliphatic rings. The summed E-state index contributed by atoms with van der Waals surface area (Å²) in [6.07, 6.45) is 0.941. The minimum atomic E-state index is -0.321. The van der Waals surface area contributed by atoms with Crippen molar-refractivity contribution in [2.45, 2.75) is 26.4 Å². The number of carbonyl (C=O) groups excluding carboxylic acids is 1. The molecule has 0 amide bonds. The number of Topliss-reactive ketones (excluding diaryl/α,β-unsaturated/α-hetero) is 1. The lowest BCUT2D eigenvalue weighted by Crippen LogP contribution is -2.28. The van der Waals surface area contributed by atoms with Gasteiger partial charge in [-0.15, -0.1) is 0 Å². The van der Waals surface area contributed by atoms with E-state index in [0.717, 1.165) is 25.0 Å². The average Bonchev–Trinajstić information content (AvgIpc) is 2.88. The zero-order valence-electron chi connectivity index (χ0n) is 14.6. The Hall–Kier alpha value is -2.46. The lowest BCUT2D eigenvalue weighted by molar-refractivity contribution is 0.0972. The number of benzene rings is 2. The number of hydrogen-bond acceptors (Lipinski definition) is 2. The number of ketones is 1. The van der Waals surface area contributed by atoms with E-state index in [1.54, 1.807) is 12.1 Å². The molecule has 0 fully saturated rings. The molecule has 128 valence electrons. The van der Waals surface area contributed by atoms with Gasteiger partial charge in [-0.3, -0.25) is 4.79 Å². The third-order valence-electron chi connectivity index (χ3n) is 5.07. The highest BCUT2D eigenvalue weighted by atomic mass is 19.1. The van der Waals surface area contributed by atoms with Crippen LogP contribution in [0.15, 0.2) is 42.5 Å². The van der Waals surface area contributed by atoms with Crippen LogP contribution >= 0.6 is 0 Å². The van der Waals surface area contributed by atoms with Gasteiger partial charge < -0.3 is 9.47 Å². The molecular weight excluding hydrogens is 315 g/mol. The van der Waals surface area contributed by atoms with E-state index in [4.69, 9.17) is 0 Å². The van der Waals surface area contributed by atoms with Crippen molar-refractivity contribution in [3.05, 3.63) is 70.7 Å². The number of halogens is 1. The van der Waals surface area contributed by atoms with Crippen LogP contribution in [0, 0.1) is 12.7 Å². The van der Waals surface area contributed by atoms with Gasteiger partial charge in [0.05, 0.1) is 6.54 Å². The molecular formula is C21H21FN2O. The summed E-state index contributed by atoms with van der Waals surface area (Å²) in [6.45, 7) is 4.30. The number of carbonyl (C=O) groups is 1. The van der Waals surface area contributed by atoms with Crippen LogP contribution in [0.4, 0.5) is 4.39 Å². The van der Waals surface area contributed by atoms with Crippen LogP contribution < -0.4 is 0 Å². The molecule has 0 aliphatic carbocycles. The van der Waals surface area contributed by atoms with Gasteiger partial charge in [-0.05, 0) is 55.9 Å². The van der Waals surface area contributed by atoms with E-state index in [-0.39, 0.29) is 11.6 Å². The largest absolute Gasteiger partial charge is 0.336 e. The molecule has 0 atom stereocenters. The standard InChI is InChI=1S/C21H21FN2O/c1-14-3-8-19-17(11-14)18-12-23(2)10-9-20(18)24(19)13-21(25)15-4-6-16(22)7-5-15/h3-8,11H,9-10,12-13H2,1-2H3. The smallest absolute Gasteiger partial charge is 0.182 e. The molecule has 0 unspecified atom stereocenters. The monoisotopic (exact) mass is 336 g/mol. The summed E-state index contributed by atoms with van der Waals surface area (Å²) in [5, 5.41) is 1.24. The summed E-state index contributed by atoms with van der Waals surface area (Å²) in [4.78, 5) is 15.0. The fourth-order valence-corrected chi connectivity index (χ4v) is 3.75. The van der Waals surface area contributed by atoms with E-state index in [1.807, 2.05) is 0 Å². The summed E-state index contributed by atoms with van der Waals surface area (Å²) in [5.41, 5.74) is 5.48. The number of likely N-dealkylation sites (N-methyl/N-ethyl adjacent to an activating group) is 1. The highest BCUT2D eigenvalue weighted by molar-refractivity contribution is 5.97. The summed E-state index contributed by atoms with van der Waals surface area (Å²) < 4.78 is 15.3. The molecule has 4 rings (SSSR count). The molecule has 0 bridgehead atoms. The molecule has 0 saturated heterocycles. The zero-order valence-corrected chi connectivity index (χ0v) is 14.6. The molecule has 3 nitrogen and oxygen atoms in total. The maximum absolute atomic E-state index is 13.1. The Morgan fingerprint density at radius 2 is 1.92 bits per heavy atom. The van der Waals surface area contributed by atoms with Crippen LogP contribution in [0.2, 0.25) is 0 Å². The molecule has 0 spiro atoms. The third-order valence-corrected chi connectivity index (χ3v) is 5.07.